The average molecular weight is 167 g/mol. The molecule has 0 heterocycles. The molecule has 0 spiro atoms. The molecule has 2 aliphatic rings. The fraction of sp³-hybridized carbons (Fsp3) is 0.667. The van der Waals surface area contributed by atoms with E-state index in [0.29, 0.717) is 0 Å². The second-order valence-corrected chi connectivity index (χ2v) is 2.32. The molecule has 0 amide bonds. The molecule has 0 radical (unpaired) electrons. The van der Waals surface area contributed by atoms with E-state index < -0.39 is 0 Å². The summed E-state index contributed by atoms with van der Waals surface area (Å²) in [6.07, 6.45) is 4.72. The summed E-state index contributed by atoms with van der Waals surface area (Å²) in [5, 5.41) is 0. The van der Waals surface area contributed by atoms with Crippen LogP contribution in [-0.2, 0) is 0 Å². The van der Waals surface area contributed by atoms with Crippen molar-refractivity contribution in [2.24, 2.45) is 11.5 Å². The van der Waals surface area contributed by atoms with E-state index in [1.54, 1.807) is 0 Å². The molecule has 0 saturated heterocycles. The Labute approximate surface area is 105 Å². The quantitative estimate of drug-likeness (QED) is 0.331. The maximum absolute atomic E-state index is 5.14. The van der Waals surface area contributed by atoms with E-state index in [4.69, 9.17) is 11.5 Å². The van der Waals surface area contributed by atoms with Crippen LogP contribution in [0, 0.1) is 12.1 Å². The van der Waals surface area contributed by atoms with Gasteiger partial charge in [-0.1, -0.05) is 0 Å². The van der Waals surface area contributed by atoms with Crippen LogP contribution in [0.3, 0.4) is 0 Å². The minimum absolute atomic E-state index is 0. The number of rotatable bonds is 0. The Morgan fingerprint density at radius 3 is 0.900 bits per heavy atom. The van der Waals surface area contributed by atoms with Crippen molar-refractivity contribution in [1.29, 1.82) is 0 Å². The fourth-order valence-corrected chi connectivity index (χ4v) is 0.144. The Kier molecular flexibility index (Phi) is 10.1. The summed E-state index contributed by atoms with van der Waals surface area (Å²) in [6, 6.07) is 2.33. The van der Waals surface area contributed by atoms with Gasteiger partial charge in [0.1, 0.15) is 0 Å². The molecular formula is C6H14KN3-2. The van der Waals surface area contributed by atoms with E-state index in [1.165, 1.54) is 37.8 Å². The summed E-state index contributed by atoms with van der Waals surface area (Å²) in [6.45, 7) is 0. The van der Waals surface area contributed by atoms with Crippen molar-refractivity contribution in [3.05, 3.63) is 18.2 Å². The Bertz CT molecular complexity index is 61.4. The first-order valence-corrected chi connectivity index (χ1v) is 2.99. The van der Waals surface area contributed by atoms with Gasteiger partial charge in [0.05, 0.1) is 0 Å². The van der Waals surface area contributed by atoms with Crippen molar-refractivity contribution >= 4 is 0 Å². The largest absolute Gasteiger partial charge is 1.00 e. The second-order valence-electron chi connectivity index (χ2n) is 2.32. The van der Waals surface area contributed by atoms with Crippen LogP contribution in [0.1, 0.15) is 25.7 Å². The van der Waals surface area contributed by atoms with E-state index in [1.807, 2.05) is 0 Å². The average Bonchev–Trinajstić information content (AvgIpc) is 2.47. The van der Waals surface area contributed by atoms with Crippen molar-refractivity contribution in [2.45, 2.75) is 25.7 Å². The van der Waals surface area contributed by atoms with Crippen molar-refractivity contribution in [3.8, 4) is 0 Å². The van der Waals surface area contributed by atoms with Gasteiger partial charge in [0.2, 0.25) is 0 Å². The van der Waals surface area contributed by atoms with E-state index in [-0.39, 0.29) is 57.5 Å². The summed E-state index contributed by atoms with van der Waals surface area (Å²) in [7, 11) is 0. The molecule has 2 rings (SSSR count). The standard InChI is InChI=1S/2C3H6N.K.H2N/c2*4-3-1-2-3;;/h2*1-2,4H2;;1H2/q2*-1;+1;-1. The van der Waals surface area contributed by atoms with Crippen LogP contribution < -0.4 is 62.9 Å². The smallest absolute Gasteiger partial charge is 0.693 e. The van der Waals surface area contributed by atoms with Gasteiger partial charge in [-0.25, -0.2) is 0 Å². The molecule has 2 fully saturated rings. The van der Waals surface area contributed by atoms with Crippen molar-refractivity contribution < 1.29 is 51.4 Å². The Morgan fingerprint density at radius 2 is 0.900 bits per heavy atom. The van der Waals surface area contributed by atoms with Gasteiger partial charge in [0.15, 0.2) is 0 Å². The van der Waals surface area contributed by atoms with Crippen LogP contribution in [0.2, 0.25) is 0 Å². The van der Waals surface area contributed by atoms with Crippen LogP contribution in [-0.4, -0.2) is 0 Å². The maximum Gasteiger partial charge on any atom is 1.00 e. The first-order chi connectivity index (χ1) is 3.79. The SMILES string of the molecule is N[C-]1CC1.N[C-]1CC1.[K+].[NH2-]. The molecule has 0 aromatic heterocycles. The molecule has 0 aromatic carbocycles. The normalized spacial score (nSPS) is 21.0. The molecule has 6 N–H and O–H groups in total. The third-order valence-electron chi connectivity index (χ3n) is 1.08. The van der Waals surface area contributed by atoms with Crippen LogP contribution >= 0.6 is 0 Å². The van der Waals surface area contributed by atoms with E-state index in [0.717, 1.165) is 0 Å². The van der Waals surface area contributed by atoms with Crippen molar-refractivity contribution in [2.75, 3.05) is 0 Å². The molecule has 10 heavy (non-hydrogen) atoms. The van der Waals surface area contributed by atoms with E-state index in [2.05, 4.69) is 0 Å². The minimum Gasteiger partial charge on any atom is -0.693 e. The van der Waals surface area contributed by atoms with Gasteiger partial charge in [-0.2, -0.15) is 25.7 Å². The van der Waals surface area contributed by atoms with Gasteiger partial charge < -0.3 is 17.6 Å². The van der Waals surface area contributed by atoms with Crippen LogP contribution in [0.25, 0.3) is 6.15 Å². The zero-order valence-corrected chi connectivity index (χ0v) is 9.68. The Morgan fingerprint density at radius 1 is 0.800 bits per heavy atom. The van der Waals surface area contributed by atoms with Crippen molar-refractivity contribution in [3.63, 3.8) is 0 Å². The molecule has 4 heteroatoms. The summed E-state index contributed by atoms with van der Waals surface area (Å²) in [5.41, 5.74) is 10.3. The molecule has 0 bridgehead atoms. The Hall–Kier alpha value is 1.52. The maximum atomic E-state index is 5.14. The fourth-order valence-electron chi connectivity index (χ4n) is 0.144. The monoisotopic (exact) mass is 167 g/mol. The van der Waals surface area contributed by atoms with Gasteiger partial charge in [-0.3, -0.25) is 12.1 Å². The number of hydrogen-bond acceptors (Lipinski definition) is 2. The molecular weight excluding hydrogens is 153 g/mol. The van der Waals surface area contributed by atoms with Gasteiger partial charge in [-0.05, 0) is 0 Å². The van der Waals surface area contributed by atoms with Crippen LogP contribution in [0.5, 0.6) is 0 Å². The molecule has 2 aliphatic carbocycles. The van der Waals surface area contributed by atoms with Crippen molar-refractivity contribution in [1.82, 2.24) is 0 Å². The first-order valence-electron chi connectivity index (χ1n) is 2.99. The van der Waals surface area contributed by atoms with E-state index in [9.17, 15) is 0 Å². The van der Waals surface area contributed by atoms with Gasteiger partial charge >= 0.3 is 51.4 Å². The molecule has 0 aliphatic heterocycles. The van der Waals surface area contributed by atoms with Gasteiger partial charge in [-0.15, -0.1) is 0 Å². The topological polar surface area (TPSA) is 85.5 Å². The first kappa shape index (κ1) is 14.1. The summed E-state index contributed by atoms with van der Waals surface area (Å²) < 4.78 is 0. The molecule has 0 atom stereocenters. The number of nitrogens with two attached hydrogens (primary N) is 3. The van der Waals surface area contributed by atoms with E-state index >= 15 is 0 Å². The predicted molar refractivity (Wildman–Crippen MR) is 38.6 cm³/mol. The molecule has 3 nitrogen and oxygen atoms in total. The zero-order valence-electron chi connectivity index (χ0n) is 6.56. The summed E-state index contributed by atoms with van der Waals surface area (Å²) >= 11 is 0. The minimum atomic E-state index is 0. The summed E-state index contributed by atoms with van der Waals surface area (Å²) in [4.78, 5) is 0. The van der Waals surface area contributed by atoms with Gasteiger partial charge in [0, 0.05) is 0 Å². The van der Waals surface area contributed by atoms with Crippen LogP contribution in [0.15, 0.2) is 0 Å². The molecule has 0 aromatic rings. The zero-order chi connectivity index (χ0) is 5.98. The molecule has 0 unspecified atom stereocenters. The Balaban J connectivity index is 0. The summed E-state index contributed by atoms with van der Waals surface area (Å²) in [5.74, 6) is 0. The number of hydrogen-bond donors (Lipinski definition) is 2. The molecule has 56 valence electrons. The third kappa shape index (κ3) is 12.2. The second kappa shape index (κ2) is 7.18. The third-order valence-corrected chi connectivity index (χ3v) is 1.08. The van der Waals surface area contributed by atoms with Gasteiger partial charge in [0.25, 0.3) is 0 Å². The van der Waals surface area contributed by atoms with Crippen LogP contribution in [0.4, 0.5) is 0 Å². The molecule has 2 saturated carbocycles. The predicted octanol–water partition coefficient (Wildman–Crippen LogP) is -1.74.